The van der Waals surface area contributed by atoms with Gasteiger partial charge in [0.25, 0.3) is 0 Å². The van der Waals surface area contributed by atoms with Crippen LogP contribution in [0.5, 0.6) is 6.01 Å². The molecule has 1 heterocycles. The molecule has 1 saturated carbocycles. The quantitative estimate of drug-likeness (QED) is 0.396. The lowest BCUT2D eigenvalue weighted by atomic mass is 9.98. The van der Waals surface area contributed by atoms with E-state index in [1.807, 2.05) is 41.8 Å². The Labute approximate surface area is 210 Å². The van der Waals surface area contributed by atoms with E-state index in [9.17, 15) is 8.42 Å². The molecule has 1 aliphatic carbocycles. The van der Waals surface area contributed by atoms with Crippen LogP contribution >= 0.6 is 23.2 Å². The van der Waals surface area contributed by atoms with Crippen molar-refractivity contribution >= 4 is 33.2 Å². The molecule has 2 aromatic carbocycles. The minimum Gasteiger partial charge on any atom is -0.460 e. The third-order valence-electron chi connectivity index (χ3n) is 5.98. The van der Waals surface area contributed by atoms with Gasteiger partial charge in [0.05, 0.1) is 21.0 Å². The van der Waals surface area contributed by atoms with Crippen molar-refractivity contribution in [1.82, 2.24) is 19.5 Å². The molecule has 182 valence electrons. The van der Waals surface area contributed by atoms with Crippen molar-refractivity contribution in [3.8, 4) is 6.01 Å². The van der Waals surface area contributed by atoms with E-state index in [4.69, 9.17) is 27.9 Å². The largest absolute Gasteiger partial charge is 0.460 e. The summed E-state index contributed by atoms with van der Waals surface area (Å²) in [6.07, 6.45) is 5.98. The first-order chi connectivity index (χ1) is 16.4. The van der Waals surface area contributed by atoms with Gasteiger partial charge in [-0.2, -0.15) is 0 Å². The SMILES string of the molecule is CCn1c(OC2CCCCC2)nnc1[C@@H](Cc1ccccc1)NS(=O)(=O)c1ccc(Cl)c(Cl)c1. The summed E-state index contributed by atoms with van der Waals surface area (Å²) in [6.45, 7) is 2.51. The number of halogens is 2. The van der Waals surface area contributed by atoms with E-state index in [0.717, 1.165) is 31.2 Å². The Balaban J connectivity index is 1.66. The van der Waals surface area contributed by atoms with Gasteiger partial charge in [0.2, 0.25) is 10.0 Å². The van der Waals surface area contributed by atoms with E-state index in [0.29, 0.717) is 24.8 Å². The fourth-order valence-electron chi connectivity index (χ4n) is 4.21. The monoisotopic (exact) mass is 522 g/mol. The number of benzene rings is 2. The maximum absolute atomic E-state index is 13.3. The molecule has 1 aromatic heterocycles. The van der Waals surface area contributed by atoms with Gasteiger partial charge in [-0.3, -0.25) is 4.57 Å². The van der Waals surface area contributed by atoms with Gasteiger partial charge in [0, 0.05) is 6.54 Å². The minimum atomic E-state index is -3.92. The molecule has 1 atom stereocenters. The normalized spacial score (nSPS) is 15.9. The molecule has 0 bridgehead atoms. The van der Waals surface area contributed by atoms with E-state index >= 15 is 0 Å². The van der Waals surface area contributed by atoms with Crippen molar-refractivity contribution in [3.05, 3.63) is 70.0 Å². The van der Waals surface area contributed by atoms with Crippen molar-refractivity contribution < 1.29 is 13.2 Å². The number of hydrogen-bond donors (Lipinski definition) is 1. The number of nitrogens with one attached hydrogen (secondary N) is 1. The molecular weight excluding hydrogens is 495 g/mol. The van der Waals surface area contributed by atoms with Gasteiger partial charge in [-0.1, -0.05) is 65.1 Å². The number of rotatable bonds is 9. The summed E-state index contributed by atoms with van der Waals surface area (Å²) in [7, 11) is -3.92. The van der Waals surface area contributed by atoms with Crippen molar-refractivity contribution in [2.24, 2.45) is 0 Å². The van der Waals surface area contributed by atoms with Crippen molar-refractivity contribution in [1.29, 1.82) is 0 Å². The van der Waals surface area contributed by atoms with Gasteiger partial charge >= 0.3 is 6.01 Å². The van der Waals surface area contributed by atoms with Gasteiger partial charge < -0.3 is 4.74 Å². The van der Waals surface area contributed by atoms with E-state index in [2.05, 4.69) is 14.9 Å². The Morgan fingerprint density at radius 2 is 1.79 bits per heavy atom. The fourth-order valence-corrected chi connectivity index (χ4v) is 5.79. The first-order valence-corrected chi connectivity index (χ1v) is 13.7. The summed E-state index contributed by atoms with van der Waals surface area (Å²) in [4.78, 5) is 0.0289. The number of nitrogens with zero attached hydrogens (tertiary/aromatic N) is 3. The lowest BCUT2D eigenvalue weighted by Crippen LogP contribution is -2.32. The van der Waals surface area contributed by atoms with Crippen molar-refractivity contribution in [2.75, 3.05) is 0 Å². The zero-order valence-corrected chi connectivity index (χ0v) is 21.3. The smallest absolute Gasteiger partial charge is 0.317 e. The van der Waals surface area contributed by atoms with E-state index < -0.39 is 16.1 Å². The topological polar surface area (TPSA) is 86.1 Å². The molecule has 0 spiro atoms. The second kappa shape index (κ2) is 11.1. The average Bonchev–Trinajstić information content (AvgIpc) is 3.24. The highest BCUT2D eigenvalue weighted by molar-refractivity contribution is 7.89. The van der Waals surface area contributed by atoms with Gasteiger partial charge in [-0.25, -0.2) is 13.1 Å². The standard InChI is InChI=1S/C24H28Cl2N4O3S/c1-2-30-23(27-28-24(30)33-18-11-7-4-8-12-18)22(15-17-9-5-3-6-10-17)29-34(31,32)19-13-14-20(25)21(26)16-19/h3,5-6,9-10,13-14,16,18,22,29H,2,4,7-8,11-12,15H2,1H3/t22-/m1/s1. The molecular formula is C24H28Cl2N4O3S. The number of ether oxygens (including phenoxy) is 1. The molecule has 7 nitrogen and oxygen atoms in total. The van der Waals surface area contributed by atoms with Crippen LogP contribution in [0.25, 0.3) is 0 Å². The second-order valence-electron chi connectivity index (χ2n) is 8.40. The second-order valence-corrected chi connectivity index (χ2v) is 10.9. The van der Waals surface area contributed by atoms with Crippen LogP contribution in [0.3, 0.4) is 0 Å². The average molecular weight is 523 g/mol. The van der Waals surface area contributed by atoms with Crippen LogP contribution in [0.15, 0.2) is 53.4 Å². The Kier molecular flexibility index (Phi) is 8.14. The molecule has 3 aromatic rings. The lowest BCUT2D eigenvalue weighted by Gasteiger charge is -2.23. The number of hydrogen-bond acceptors (Lipinski definition) is 5. The summed E-state index contributed by atoms with van der Waals surface area (Å²) >= 11 is 12.1. The first kappa shape index (κ1) is 25.0. The molecule has 4 rings (SSSR count). The molecule has 0 radical (unpaired) electrons. The molecule has 1 fully saturated rings. The maximum atomic E-state index is 13.3. The van der Waals surface area contributed by atoms with Crippen LogP contribution in [0.1, 0.15) is 56.5 Å². The van der Waals surface area contributed by atoms with Crippen LogP contribution in [-0.4, -0.2) is 29.3 Å². The van der Waals surface area contributed by atoms with Crippen LogP contribution in [-0.2, 0) is 23.0 Å². The molecule has 10 heteroatoms. The molecule has 1 N–H and O–H groups in total. The van der Waals surface area contributed by atoms with Crippen molar-refractivity contribution in [2.45, 2.75) is 69.0 Å². The molecule has 34 heavy (non-hydrogen) atoms. The molecule has 0 saturated heterocycles. The molecule has 1 aliphatic rings. The van der Waals surface area contributed by atoms with Crippen LogP contribution in [0, 0.1) is 0 Å². The minimum absolute atomic E-state index is 0.0289. The summed E-state index contributed by atoms with van der Waals surface area (Å²) < 4.78 is 37.4. The summed E-state index contributed by atoms with van der Waals surface area (Å²) in [5, 5.41) is 9.12. The van der Waals surface area contributed by atoms with Crippen LogP contribution < -0.4 is 9.46 Å². The first-order valence-electron chi connectivity index (χ1n) is 11.5. The highest BCUT2D eigenvalue weighted by atomic mass is 35.5. The van der Waals surface area contributed by atoms with Gasteiger partial charge in [-0.05, 0) is 62.8 Å². The Morgan fingerprint density at radius 1 is 1.06 bits per heavy atom. The van der Waals surface area contributed by atoms with Gasteiger partial charge in [-0.15, -0.1) is 5.10 Å². The molecule has 0 amide bonds. The van der Waals surface area contributed by atoms with E-state index in [1.54, 1.807) is 0 Å². The Bertz CT molecular complexity index is 1210. The van der Waals surface area contributed by atoms with E-state index in [1.165, 1.54) is 24.6 Å². The predicted molar refractivity (Wildman–Crippen MR) is 133 cm³/mol. The fraction of sp³-hybridized carbons (Fsp3) is 0.417. The zero-order chi connectivity index (χ0) is 24.1. The number of sulfonamides is 1. The van der Waals surface area contributed by atoms with E-state index in [-0.39, 0.29) is 21.0 Å². The third kappa shape index (κ3) is 5.92. The van der Waals surface area contributed by atoms with Crippen LogP contribution in [0.4, 0.5) is 0 Å². The highest BCUT2D eigenvalue weighted by Crippen LogP contribution is 2.29. The third-order valence-corrected chi connectivity index (χ3v) is 8.19. The maximum Gasteiger partial charge on any atom is 0.317 e. The summed E-state index contributed by atoms with van der Waals surface area (Å²) in [5.74, 6) is 0.501. The lowest BCUT2D eigenvalue weighted by molar-refractivity contribution is 0.135. The van der Waals surface area contributed by atoms with Gasteiger partial charge in [0.1, 0.15) is 6.10 Å². The van der Waals surface area contributed by atoms with Crippen molar-refractivity contribution in [3.63, 3.8) is 0 Å². The Morgan fingerprint density at radius 3 is 2.47 bits per heavy atom. The summed E-state index contributed by atoms with van der Waals surface area (Å²) in [5.41, 5.74) is 0.963. The molecule has 0 unspecified atom stereocenters. The highest BCUT2D eigenvalue weighted by Gasteiger charge is 2.29. The molecule has 0 aliphatic heterocycles. The zero-order valence-electron chi connectivity index (χ0n) is 19.0. The Hall–Kier alpha value is -2.13. The predicted octanol–water partition coefficient (Wildman–Crippen LogP) is 5.58. The van der Waals surface area contributed by atoms with Crippen LogP contribution in [0.2, 0.25) is 10.0 Å². The number of aromatic nitrogens is 3. The summed E-state index contributed by atoms with van der Waals surface area (Å²) in [6, 6.07) is 13.7. The van der Waals surface area contributed by atoms with Gasteiger partial charge in [0.15, 0.2) is 5.82 Å².